The summed E-state index contributed by atoms with van der Waals surface area (Å²) in [4.78, 5) is 19.9. The van der Waals surface area contributed by atoms with Crippen LogP contribution in [0.5, 0.6) is 5.75 Å². The minimum absolute atomic E-state index is 0.205. The predicted molar refractivity (Wildman–Crippen MR) is 110 cm³/mol. The number of aromatic nitrogens is 3. The first-order valence-corrected chi connectivity index (χ1v) is 9.58. The van der Waals surface area contributed by atoms with Crippen molar-refractivity contribution in [2.75, 3.05) is 11.9 Å². The van der Waals surface area contributed by atoms with Gasteiger partial charge in [0, 0.05) is 23.6 Å². The van der Waals surface area contributed by atoms with Crippen LogP contribution in [0.1, 0.15) is 17.3 Å². The summed E-state index contributed by atoms with van der Waals surface area (Å²) >= 11 is 6.63. The molecular formula is C19H16N4O2S2. The van der Waals surface area contributed by atoms with E-state index in [1.807, 2.05) is 48.0 Å². The number of nitrogens with one attached hydrogen (secondary N) is 2. The number of hydrogen-bond donors (Lipinski definition) is 2. The van der Waals surface area contributed by atoms with Gasteiger partial charge in [0.2, 0.25) is 0 Å². The molecule has 2 heterocycles. The molecule has 0 fully saturated rings. The number of imidazole rings is 1. The molecule has 0 aliphatic heterocycles. The third-order valence-corrected chi connectivity index (χ3v) is 5.20. The summed E-state index contributed by atoms with van der Waals surface area (Å²) in [5, 5.41) is 3.41. The number of fused-ring (bicyclic) bond motifs is 1. The number of carbonyl (C=O) groups is 1. The van der Waals surface area contributed by atoms with Crippen molar-refractivity contribution in [3.05, 3.63) is 65.2 Å². The van der Waals surface area contributed by atoms with Crippen molar-refractivity contribution in [1.82, 2.24) is 14.5 Å². The Morgan fingerprint density at radius 2 is 2.11 bits per heavy atom. The Bertz CT molecular complexity index is 1160. The highest BCUT2D eigenvalue weighted by Gasteiger charge is 2.11. The Hall–Kier alpha value is -2.97. The van der Waals surface area contributed by atoms with Gasteiger partial charge in [-0.15, -0.1) is 0 Å². The number of hydrogen-bond acceptors (Lipinski definition) is 5. The highest BCUT2D eigenvalue weighted by atomic mass is 32.1. The Morgan fingerprint density at radius 1 is 1.30 bits per heavy atom. The highest BCUT2D eigenvalue weighted by Crippen LogP contribution is 2.29. The topological polar surface area (TPSA) is 71.9 Å². The summed E-state index contributed by atoms with van der Waals surface area (Å²) in [6.45, 7) is 2.55. The molecule has 0 unspecified atom stereocenters. The zero-order valence-corrected chi connectivity index (χ0v) is 16.1. The maximum atomic E-state index is 12.5. The average molecular weight is 396 g/mol. The van der Waals surface area contributed by atoms with Crippen molar-refractivity contribution in [1.29, 1.82) is 0 Å². The lowest BCUT2D eigenvalue weighted by Gasteiger charge is -2.05. The lowest BCUT2D eigenvalue weighted by molar-refractivity contribution is 0.102. The molecule has 0 saturated heterocycles. The Morgan fingerprint density at radius 3 is 2.81 bits per heavy atom. The van der Waals surface area contributed by atoms with Gasteiger partial charge in [0.1, 0.15) is 5.75 Å². The molecule has 0 saturated carbocycles. The molecule has 4 aromatic rings. The Kier molecular flexibility index (Phi) is 4.74. The third kappa shape index (κ3) is 3.62. The van der Waals surface area contributed by atoms with E-state index in [0.29, 0.717) is 22.1 Å². The average Bonchev–Trinajstić information content (AvgIpc) is 3.27. The SMILES string of the molecule is CCOc1ccc2nc(NC(=O)c3ccc(-n4cc[nH]c4=S)cc3)sc2c1. The molecule has 2 aromatic carbocycles. The van der Waals surface area contributed by atoms with Gasteiger partial charge in [-0.05, 0) is 61.6 Å². The Balaban J connectivity index is 1.52. The first-order valence-electron chi connectivity index (χ1n) is 8.35. The van der Waals surface area contributed by atoms with Crippen molar-refractivity contribution < 1.29 is 9.53 Å². The van der Waals surface area contributed by atoms with Crippen LogP contribution in [-0.4, -0.2) is 27.0 Å². The smallest absolute Gasteiger partial charge is 0.257 e. The molecule has 4 rings (SSSR count). The second kappa shape index (κ2) is 7.34. The van der Waals surface area contributed by atoms with E-state index in [2.05, 4.69) is 15.3 Å². The van der Waals surface area contributed by atoms with E-state index in [0.717, 1.165) is 21.7 Å². The zero-order chi connectivity index (χ0) is 18.8. The lowest BCUT2D eigenvalue weighted by Crippen LogP contribution is -2.11. The summed E-state index contributed by atoms with van der Waals surface area (Å²) in [7, 11) is 0. The molecule has 2 N–H and O–H groups in total. The summed E-state index contributed by atoms with van der Waals surface area (Å²) in [5.74, 6) is 0.591. The molecule has 6 nitrogen and oxygen atoms in total. The molecule has 0 aliphatic carbocycles. The van der Waals surface area contributed by atoms with Crippen LogP contribution in [0.4, 0.5) is 5.13 Å². The normalized spacial score (nSPS) is 10.9. The molecule has 2 aromatic heterocycles. The number of carbonyl (C=O) groups excluding carboxylic acids is 1. The van der Waals surface area contributed by atoms with Crippen molar-refractivity contribution in [2.45, 2.75) is 6.92 Å². The van der Waals surface area contributed by atoms with Crippen LogP contribution in [-0.2, 0) is 0 Å². The number of anilines is 1. The van der Waals surface area contributed by atoms with E-state index >= 15 is 0 Å². The summed E-state index contributed by atoms with van der Waals surface area (Å²) in [6.07, 6.45) is 3.61. The van der Waals surface area contributed by atoms with Crippen LogP contribution in [0.15, 0.2) is 54.9 Å². The second-order valence-electron chi connectivity index (χ2n) is 5.72. The number of thiazole rings is 1. The number of nitrogens with zero attached hydrogens (tertiary/aromatic N) is 2. The fourth-order valence-electron chi connectivity index (χ4n) is 2.68. The van der Waals surface area contributed by atoms with Crippen LogP contribution in [0, 0.1) is 4.77 Å². The summed E-state index contributed by atoms with van der Waals surface area (Å²) in [5.41, 5.74) is 2.27. The van der Waals surface area contributed by atoms with Gasteiger partial charge in [0.05, 0.1) is 16.8 Å². The van der Waals surface area contributed by atoms with Crippen LogP contribution < -0.4 is 10.1 Å². The molecule has 0 aliphatic rings. The molecule has 1 amide bonds. The van der Waals surface area contributed by atoms with E-state index < -0.39 is 0 Å². The van der Waals surface area contributed by atoms with Crippen molar-refractivity contribution in [3.63, 3.8) is 0 Å². The fraction of sp³-hybridized carbons (Fsp3) is 0.105. The predicted octanol–water partition coefficient (Wildman–Crippen LogP) is 4.80. The minimum Gasteiger partial charge on any atom is -0.494 e. The van der Waals surface area contributed by atoms with Crippen LogP contribution in [0.2, 0.25) is 0 Å². The molecule has 8 heteroatoms. The zero-order valence-electron chi connectivity index (χ0n) is 14.4. The summed E-state index contributed by atoms with van der Waals surface area (Å²) < 4.78 is 8.91. The van der Waals surface area contributed by atoms with Crippen LogP contribution >= 0.6 is 23.6 Å². The van der Waals surface area contributed by atoms with E-state index in [9.17, 15) is 4.79 Å². The molecule has 0 spiro atoms. The third-order valence-electron chi connectivity index (χ3n) is 3.95. The van der Waals surface area contributed by atoms with Crippen molar-refractivity contribution in [3.8, 4) is 11.4 Å². The number of H-pyrrole nitrogens is 1. The fourth-order valence-corrected chi connectivity index (χ4v) is 3.80. The number of ether oxygens (including phenoxy) is 1. The number of benzene rings is 2. The quantitative estimate of drug-likeness (QED) is 0.476. The molecule has 0 atom stereocenters. The second-order valence-corrected chi connectivity index (χ2v) is 7.14. The van der Waals surface area contributed by atoms with Crippen molar-refractivity contribution >= 4 is 44.8 Å². The molecule has 136 valence electrons. The largest absolute Gasteiger partial charge is 0.494 e. The molecule has 0 bridgehead atoms. The number of amides is 1. The van der Waals surface area contributed by atoms with Gasteiger partial charge in [-0.1, -0.05) is 11.3 Å². The van der Waals surface area contributed by atoms with E-state index in [-0.39, 0.29) is 5.91 Å². The van der Waals surface area contributed by atoms with Crippen LogP contribution in [0.3, 0.4) is 0 Å². The van der Waals surface area contributed by atoms with Gasteiger partial charge < -0.3 is 9.72 Å². The summed E-state index contributed by atoms with van der Waals surface area (Å²) in [6, 6.07) is 12.9. The molecule has 27 heavy (non-hydrogen) atoms. The first-order chi connectivity index (χ1) is 13.1. The standard InChI is InChI=1S/C19H16N4O2S2/c1-2-25-14-7-8-15-16(11-14)27-18(21-15)22-17(24)12-3-5-13(6-4-12)23-10-9-20-19(23)26/h3-11H,2H2,1H3,(H,20,26)(H,21,22,24). The van der Waals surface area contributed by atoms with Gasteiger partial charge in [0.25, 0.3) is 5.91 Å². The maximum absolute atomic E-state index is 12.5. The number of aromatic amines is 1. The molecule has 0 radical (unpaired) electrons. The first kappa shape index (κ1) is 17.4. The molecular weight excluding hydrogens is 380 g/mol. The maximum Gasteiger partial charge on any atom is 0.257 e. The van der Waals surface area contributed by atoms with Gasteiger partial charge >= 0.3 is 0 Å². The van der Waals surface area contributed by atoms with Crippen LogP contribution in [0.25, 0.3) is 15.9 Å². The van der Waals surface area contributed by atoms with Gasteiger partial charge in [-0.3, -0.25) is 14.7 Å². The van der Waals surface area contributed by atoms with Gasteiger partial charge in [-0.25, -0.2) is 4.98 Å². The van der Waals surface area contributed by atoms with Gasteiger partial charge in [-0.2, -0.15) is 0 Å². The Labute approximate surface area is 164 Å². The van der Waals surface area contributed by atoms with E-state index in [1.165, 1.54) is 11.3 Å². The van der Waals surface area contributed by atoms with E-state index in [1.54, 1.807) is 18.3 Å². The van der Waals surface area contributed by atoms with Crippen molar-refractivity contribution in [2.24, 2.45) is 0 Å². The lowest BCUT2D eigenvalue weighted by atomic mass is 10.2. The highest BCUT2D eigenvalue weighted by molar-refractivity contribution is 7.71. The van der Waals surface area contributed by atoms with E-state index in [4.69, 9.17) is 17.0 Å². The number of rotatable bonds is 5. The monoisotopic (exact) mass is 396 g/mol. The van der Waals surface area contributed by atoms with Gasteiger partial charge in [0.15, 0.2) is 9.90 Å². The minimum atomic E-state index is -0.205.